The normalized spacial score (nSPS) is 30.4. The van der Waals surface area contributed by atoms with Gasteiger partial charge in [-0.05, 0) is 6.42 Å². The van der Waals surface area contributed by atoms with E-state index in [4.69, 9.17) is 10.6 Å². The van der Waals surface area contributed by atoms with Crippen molar-refractivity contribution in [3.05, 3.63) is 0 Å². The Morgan fingerprint density at radius 3 is 3.00 bits per heavy atom. The summed E-state index contributed by atoms with van der Waals surface area (Å²) in [7, 11) is 1.63. The van der Waals surface area contributed by atoms with Crippen molar-refractivity contribution < 1.29 is 9.53 Å². The number of carbonyl (C=O) groups excluding carboxylic acids is 1. The van der Waals surface area contributed by atoms with E-state index in [-0.39, 0.29) is 18.1 Å². The first-order chi connectivity index (χ1) is 5.27. The molecule has 5 heteroatoms. The lowest BCUT2D eigenvalue weighted by Crippen LogP contribution is -2.43. The lowest BCUT2D eigenvalue weighted by Gasteiger charge is -2.06. The van der Waals surface area contributed by atoms with Crippen LogP contribution in [0.4, 0.5) is 0 Å². The zero-order chi connectivity index (χ0) is 8.27. The fraction of sp³-hybridized carbons (Fsp3) is 0.833. The van der Waals surface area contributed by atoms with Crippen molar-refractivity contribution in [3.63, 3.8) is 0 Å². The van der Waals surface area contributed by atoms with Gasteiger partial charge in [-0.25, -0.2) is 5.84 Å². The lowest BCUT2D eigenvalue weighted by molar-refractivity contribution is -0.123. The van der Waals surface area contributed by atoms with E-state index in [0.29, 0.717) is 13.0 Å². The molecule has 1 saturated heterocycles. The first-order valence-corrected chi connectivity index (χ1v) is 3.54. The topological polar surface area (TPSA) is 76.4 Å². The second kappa shape index (κ2) is 3.66. The molecule has 1 aliphatic heterocycles. The Hall–Kier alpha value is -0.650. The number of methoxy groups -OCH3 is 1. The number of nitrogens with one attached hydrogen (secondary N) is 2. The summed E-state index contributed by atoms with van der Waals surface area (Å²) in [5.74, 6) is 4.78. The van der Waals surface area contributed by atoms with E-state index >= 15 is 0 Å². The van der Waals surface area contributed by atoms with E-state index in [2.05, 4.69) is 10.7 Å². The van der Waals surface area contributed by atoms with Gasteiger partial charge in [0, 0.05) is 13.7 Å². The van der Waals surface area contributed by atoms with Gasteiger partial charge in [-0.15, -0.1) is 0 Å². The SMILES string of the molecule is CO[C@@H]1CN[C@@H](C(=O)NN)C1. The second-order valence-corrected chi connectivity index (χ2v) is 2.56. The molecule has 0 saturated carbocycles. The fourth-order valence-electron chi connectivity index (χ4n) is 1.18. The summed E-state index contributed by atoms with van der Waals surface area (Å²) in [5, 5.41) is 2.99. The predicted molar refractivity (Wildman–Crippen MR) is 39.5 cm³/mol. The Balaban J connectivity index is 2.35. The third-order valence-electron chi connectivity index (χ3n) is 1.88. The highest BCUT2D eigenvalue weighted by Crippen LogP contribution is 2.08. The van der Waals surface area contributed by atoms with Crippen LogP contribution in [0.15, 0.2) is 0 Å². The van der Waals surface area contributed by atoms with Crippen molar-refractivity contribution in [3.8, 4) is 0 Å². The highest BCUT2D eigenvalue weighted by molar-refractivity contribution is 5.81. The summed E-state index contributed by atoms with van der Waals surface area (Å²) in [6.07, 6.45) is 0.830. The van der Waals surface area contributed by atoms with Crippen LogP contribution < -0.4 is 16.6 Å². The van der Waals surface area contributed by atoms with Gasteiger partial charge in [0.25, 0.3) is 5.91 Å². The van der Waals surface area contributed by atoms with Gasteiger partial charge in [-0.3, -0.25) is 10.2 Å². The first kappa shape index (κ1) is 8.45. The smallest absolute Gasteiger partial charge is 0.251 e. The number of hydrogen-bond donors (Lipinski definition) is 3. The molecule has 4 N–H and O–H groups in total. The molecule has 64 valence electrons. The van der Waals surface area contributed by atoms with Crippen molar-refractivity contribution >= 4 is 5.91 Å². The summed E-state index contributed by atoms with van der Waals surface area (Å²) < 4.78 is 5.05. The number of carbonyl (C=O) groups is 1. The molecule has 0 spiro atoms. The summed E-state index contributed by atoms with van der Waals surface area (Å²) in [6.45, 7) is 0.717. The van der Waals surface area contributed by atoms with Crippen LogP contribution in [0.3, 0.4) is 0 Å². The maximum atomic E-state index is 10.9. The lowest BCUT2D eigenvalue weighted by atomic mass is 10.2. The molecule has 1 rings (SSSR count). The molecule has 0 aromatic rings. The number of rotatable bonds is 2. The van der Waals surface area contributed by atoms with Crippen molar-refractivity contribution in [2.45, 2.75) is 18.6 Å². The van der Waals surface area contributed by atoms with Gasteiger partial charge in [-0.2, -0.15) is 0 Å². The maximum absolute atomic E-state index is 10.9. The van der Waals surface area contributed by atoms with E-state index in [1.54, 1.807) is 7.11 Å². The number of amides is 1. The standard InChI is InChI=1S/C6H13N3O2/c1-11-4-2-5(8-3-4)6(10)9-7/h4-5,8H,2-3,7H2,1H3,(H,9,10)/t4-,5+/m0/s1. The fourth-order valence-corrected chi connectivity index (χ4v) is 1.18. The molecular formula is C6H13N3O2. The molecule has 11 heavy (non-hydrogen) atoms. The number of hydrazine groups is 1. The highest BCUT2D eigenvalue weighted by Gasteiger charge is 2.28. The van der Waals surface area contributed by atoms with Crippen LogP contribution in [-0.2, 0) is 9.53 Å². The molecule has 0 aromatic carbocycles. The molecule has 2 atom stereocenters. The van der Waals surface area contributed by atoms with Gasteiger partial charge in [0.05, 0.1) is 12.1 Å². The van der Waals surface area contributed by atoms with Crippen molar-refractivity contribution in [2.24, 2.45) is 5.84 Å². The van der Waals surface area contributed by atoms with E-state index in [9.17, 15) is 4.79 Å². The van der Waals surface area contributed by atoms with Gasteiger partial charge < -0.3 is 10.1 Å². The van der Waals surface area contributed by atoms with Crippen molar-refractivity contribution in [1.82, 2.24) is 10.7 Å². The monoisotopic (exact) mass is 159 g/mol. The molecule has 1 heterocycles. The summed E-state index contributed by atoms with van der Waals surface area (Å²) in [6, 6.07) is -0.190. The zero-order valence-electron chi connectivity index (χ0n) is 6.46. The van der Waals surface area contributed by atoms with Crippen molar-refractivity contribution in [1.29, 1.82) is 0 Å². The maximum Gasteiger partial charge on any atom is 0.251 e. The highest BCUT2D eigenvalue weighted by atomic mass is 16.5. The predicted octanol–water partition coefficient (Wildman–Crippen LogP) is -1.65. The van der Waals surface area contributed by atoms with E-state index in [0.717, 1.165) is 0 Å². The van der Waals surface area contributed by atoms with Gasteiger partial charge in [0.15, 0.2) is 0 Å². The molecule has 0 aromatic heterocycles. The molecule has 1 amide bonds. The van der Waals surface area contributed by atoms with Crippen LogP contribution in [0.5, 0.6) is 0 Å². The Labute approximate surface area is 65.2 Å². The molecule has 1 fully saturated rings. The Bertz CT molecular complexity index is 151. The second-order valence-electron chi connectivity index (χ2n) is 2.56. The molecule has 5 nitrogen and oxygen atoms in total. The van der Waals surface area contributed by atoms with Crippen LogP contribution in [0.1, 0.15) is 6.42 Å². The van der Waals surface area contributed by atoms with Crippen LogP contribution in [0.25, 0.3) is 0 Å². The summed E-state index contributed by atoms with van der Waals surface area (Å²) >= 11 is 0. The first-order valence-electron chi connectivity index (χ1n) is 3.54. The quantitative estimate of drug-likeness (QED) is 0.256. The van der Waals surface area contributed by atoms with Gasteiger partial charge in [0.2, 0.25) is 0 Å². The van der Waals surface area contributed by atoms with Crippen molar-refractivity contribution in [2.75, 3.05) is 13.7 Å². The molecular weight excluding hydrogens is 146 g/mol. The van der Waals surface area contributed by atoms with Crippen LogP contribution in [0.2, 0.25) is 0 Å². The third-order valence-corrected chi connectivity index (χ3v) is 1.88. The Morgan fingerprint density at radius 1 is 1.82 bits per heavy atom. The summed E-state index contributed by atoms with van der Waals surface area (Å²) in [4.78, 5) is 10.9. The van der Waals surface area contributed by atoms with E-state index < -0.39 is 0 Å². The van der Waals surface area contributed by atoms with Gasteiger partial charge in [0.1, 0.15) is 0 Å². The number of nitrogens with two attached hydrogens (primary N) is 1. The minimum Gasteiger partial charge on any atom is -0.380 e. The van der Waals surface area contributed by atoms with Gasteiger partial charge in [-0.1, -0.05) is 0 Å². The van der Waals surface area contributed by atoms with Crippen LogP contribution in [0, 0.1) is 0 Å². The molecule has 0 unspecified atom stereocenters. The zero-order valence-corrected chi connectivity index (χ0v) is 6.46. The minimum absolute atomic E-state index is 0.136. The average Bonchev–Trinajstić information content (AvgIpc) is 2.50. The number of ether oxygens (including phenoxy) is 1. The summed E-state index contributed by atoms with van der Waals surface area (Å²) in [5.41, 5.74) is 2.09. The van der Waals surface area contributed by atoms with E-state index in [1.165, 1.54) is 0 Å². The Morgan fingerprint density at radius 2 is 2.55 bits per heavy atom. The Kier molecular flexibility index (Phi) is 2.81. The molecule has 1 aliphatic rings. The number of hydrogen-bond acceptors (Lipinski definition) is 4. The minimum atomic E-state index is -0.190. The van der Waals surface area contributed by atoms with Gasteiger partial charge >= 0.3 is 0 Å². The van der Waals surface area contributed by atoms with Crippen LogP contribution >= 0.6 is 0 Å². The largest absolute Gasteiger partial charge is 0.380 e. The van der Waals surface area contributed by atoms with E-state index in [1.807, 2.05) is 0 Å². The molecule has 0 radical (unpaired) electrons. The molecule has 0 aliphatic carbocycles. The van der Waals surface area contributed by atoms with Crippen LogP contribution in [-0.4, -0.2) is 31.7 Å². The molecule has 0 bridgehead atoms. The average molecular weight is 159 g/mol. The third kappa shape index (κ3) is 1.89.